The van der Waals surface area contributed by atoms with Gasteiger partial charge in [-0.05, 0) is 30.5 Å². The minimum atomic E-state index is -4.27. The molecule has 5 heteroatoms. The Labute approximate surface area is 178 Å². The van der Waals surface area contributed by atoms with Crippen LogP contribution in [0.3, 0.4) is 0 Å². The number of aromatic hydroxyl groups is 1. The third-order valence-electron chi connectivity index (χ3n) is 5.57. The zero-order valence-electron chi connectivity index (χ0n) is 18.4. The lowest BCUT2D eigenvalue weighted by atomic mass is 10.0. The Morgan fingerprint density at radius 1 is 0.655 bits per heavy atom. The average molecular weight is 427 g/mol. The van der Waals surface area contributed by atoms with Gasteiger partial charge in [-0.25, -0.2) is 0 Å². The van der Waals surface area contributed by atoms with E-state index in [1.807, 2.05) is 0 Å². The largest absolute Gasteiger partial charge is 0.508 e. The molecule has 0 heterocycles. The molecule has 1 rings (SSSR count). The lowest BCUT2D eigenvalue weighted by molar-refractivity contribution is 0.465. The summed E-state index contributed by atoms with van der Waals surface area (Å²) < 4.78 is 31.5. The van der Waals surface area contributed by atoms with Crippen LogP contribution >= 0.6 is 0 Å². The van der Waals surface area contributed by atoms with Crippen LogP contribution in [0, 0.1) is 0 Å². The summed E-state index contributed by atoms with van der Waals surface area (Å²) in [5, 5.41) is 9.62. The number of phenolic OH excluding ortho intramolecular Hbond substituents is 1. The van der Waals surface area contributed by atoms with E-state index < -0.39 is 10.1 Å². The Morgan fingerprint density at radius 2 is 1.07 bits per heavy atom. The van der Waals surface area contributed by atoms with E-state index in [2.05, 4.69) is 6.92 Å². The fraction of sp³-hybridized carbons (Fsp3) is 0.750. The van der Waals surface area contributed by atoms with Gasteiger partial charge in [0.2, 0.25) is 0 Å². The van der Waals surface area contributed by atoms with Crippen LogP contribution in [0.4, 0.5) is 0 Å². The molecule has 0 saturated heterocycles. The summed E-state index contributed by atoms with van der Waals surface area (Å²) in [4.78, 5) is -0.232. The number of benzene rings is 1. The van der Waals surface area contributed by atoms with Gasteiger partial charge >= 0.3 is 0 Å². The highest BCUT2D eigenvalue weighted by atomic mass is 32.2. The third kappa shape index (κ3) is 13.7. The molecule has 2 N–H and O–H groups in total. The van der Waals surface area contributed by atoms with Crippen LogP contribution in [-0.2, 0) is 16.5 Å². The molecular weight excluding hydrogens is 384 g/mol. The van der Waals surface area contributed by atoms with Gasteiger partial charge in [0.05, 0.1) is 4.90 Å². The highest BCUT2D eigenvalue weighted by Crippen LogP contribution is 2.21. The van der Waals surface area contributed by atoms with Crippen LogP contribution in [0.15, 0.2) is 23.1 Å². The van der Waals surface area contributed by atoms with Crippen molar-refractivity contribution in [3.05, 3.63) is 23.8 Å². The van der Waals surface area contributed by atoms with Gasteiger partial charge in [0.1, 0.15) is 5.75 Å². The zero-order chi connectivity index (χ0) is 21.4. The van der Waals surface area contributed by atoms with E-state index in [0.717, 1.165) is 30.9 Å². The van der Waals surface area contributed by atoms with Crippen LogP contribution in [0.25, 0.3) is 0 Å². The van der Waals surface area contributed by atoms with Crippen molar-refractivity contribution in [2.24, 2.45) is 0 Å². The van der Waals surface area contributed by atoms with Gasteiger partial charge in [0, 0.05) is 6.07 Å². The maximum atomic E-state index is 11.2. The number of aryl methyl sites for hydroxylation is 1. The van der Waals surface area contributed by atoms with E-state index in [9.17, 15) is 13.5 Å². The molecule has 0 fully saturated rings. The fourth-order valence-electron chi connectivity index (χ4n) is 3.81. The molecule has 0 spiro atoms. The van der Waals surface area contributed by atoms with E-state index in [-0.39, 0.29) is 10.6 Å². The summed E-state index contributed by atoms with van der Waals surface area (Å²) in [6.45, 7) is 2.27. The SMILES string of the molecule is CCCCCCCCCCCCCCCCCCc1cc(O)cc(S(=O)(=O)O)c1. The van der Waals surface area contributed by atoms with Crippen molar-refractivity contribution in [1.82, 2.24) is 0 Å². The zero-order valence-corrected chi connectivity index (χ0v) is 19.2. The molecule has 1 aromatic rings. The Kier molecular flexibility index (Phi) is 14.1. The number of unbranched alkanes of at least 4 members (excludes halogenated alkanes) is 15. The molecular formula is C24H42O4S. The fourth-order valence-corrected chi connectivity index (χ4v) is 4.38. The van der Waals surface area contributed by atoms with E-state index in [1.54, 1.807) is 6.07 Å². The summed E-state index contributed by atoms with van der Waals surface area (Å²) in [5.41, 5.74) is 0.753. The lowest BCUT2D eigenvalue weighted by Gasteiger charge is -2.06. The summed E-state index contributed by atoms with van der Waals surface area (Å²) >= 11 is 0. The monoisotopic (exact) mass is 426 g/mol. The molecule has 0 amide bonds. The maximum Gasteiger partial charge on any atom is 0.294 e. The Balaban J connectivity index is 1.95. The molecule has 1 aromatic carbocycles. The number of phenols is 1. The van der Waals surface area contributed by atoms with Gasteiger partial charge in [0.15, 0.2) is 0 Å². The van der Waals surface area contributed by atoms with Gasteiger partial charge in [-0.2, -0.15) is 8.42 Å². The molecule has 0 bridgehead atoms. The van der Waals surface area contributed by atoms with Crippen molar-refractivity contribution < 1.29 is 18.1 Å². The first-order valence-corrected chi connectivity index (χ1v) is 13.2. The molecule has 0 radical (unpaired) electrons. The van der Waals surface area contributed by atoms with E-state index in [4.69, 9.17) is 4.55 Å². The van der Waals surface area contributed by atoms with Crippen molar-refractivity contribution in [2.45, 2.75) is 121 Å². The van der Waals surface area contributed by atoms with Gasteiger partial charge in [-0.3, -0.25) is 4.55 Å². The second-order valence-corrected chi connectivity index (χ2v) is 9.79. The average Bonchev–Trinajstić information content (AvgIpc) is 2.66. The number of hydrogen-bond donors (Lipinski definition) is 2. The first-order valence-electron chi connectivity index (χ1n) is 11.7. The third-order valence-corrected chi connectivity index (χ3v) is 6.40. The minimum Gasteiger partial charge on any atom is -0.508 e. The van der Waals surface area contributed by atoms with Crippen LogP contribution < -0.4 is 0 Å². The molecule has 168 valence electrons. The molecule has 0 aliphatic rings. The molecule has 0 unspecified atom stereocenters. The van der Waals surface area contributed by atoms with Crippen molar-refractivity contribution in [3.8, 4) is 5.75 Å². The Morgan fingerprint density at radius 3 is 1.48 bits per heavy atom. The quantitative estimate of drug-likeness (QED) is 0.189. The second-order valence-electron chi connectivity index (χ2n) is 8.36. The molecule has 0 aliphatic heterocycles. The smallest absolute Gasteiger partial charge is 0.294 e. The molecule has 0 atom stereocenters. The summed E-state index contributed by atoms with van der Waals surface area (Å²) in [6.07, 6.45) is 21.8. The maximum absolute atomic E-state index is 11.2. The normalized spacial score (nSPS) is 11.8. The highest BCUT2D eigenvalue weighted by Gasteiger charge is 2.12. The molecule has 4 nitrogen and oxygen atoms in total. The lowest BCUT2D eigenvalue weighted by Crippen LogP contribution is -1.99. The van der Waals surface area contributed by atoms with Crippen LogP contribution in [0.1, 0.15) is 115 Å². The van der Waals surface area contributed by atoms with Gasteiger partial charge in [-0.15, -0.1) is 0 Å². The van der Waals surface area contributed by atoms with Crippen molar-refractivity contribution >= 4 is 10.1 Å². The molecule has 0 saturated carbocycles. The number of rotatable bonds is 18. The van der Waals surface area contributed by atoms with Crippen LogP contribution in [0.2, 0.25) is 0 Å². The summed E-state index contributed by atoms with van der Waals surface area (Å²) in [6, 6.07) is 4.09. The van der Waals surface area contributed by atoms with Crippen LogP contribution in [-0.4, -0.2) is 18.1 Å². The standard InChI is InChI=1S/C24H42O4S/c1-2-3-4-5-6-7-8-9-10-11-12-13-14-15-16-17-18-22-19-23(25)21-24(20-22)29(26,27)28/h19-21,25H,2-18H2,1H3,(H,26,27,28). The van der Waals surface area contributed by atoms with E-state index in [0.29, 0.717) is 0 Å². The minimum absolute atomic E-state index is 0.119. The molecule has 0 aliphatic carbocycles. The topological polar surface area (TPSA) is 74.6 Å². The van der Waals surface area contributed by atoms with E-state index in [1.165, 1.54) is 96.0 Å². The van der Waals surface area contributed by atoms with Gasteiger partial charge in [-0.1, -0.05) is 103 Å². The van der Waals surface area contributed by atoms with Crippen molar-refractivity contribution in [3.63, 3.8) is 0 Å². The van der Waals surface area contributed by atoms with Gasteiger partial charge < -0.3 is 5.11 Å². The molecule has 29 heavy (non-hydrogen) atoms. The molecule has 0 aromatic heterocycles. The van der Waals surface area contributed by atoms with Gasteiger partial charge in [0.25, 0.3) is 10.1 Å². The number of hydrogen-bond acceptors (Lipinski definition) is 3. The predicted molar refractivity (Wildman–Crippen MR) is 121 cm³/mol. The first-order chi connectivity index (χ1) is 13.9. The van der Waals surface area contributed by atoms with Crippen molar-refractivity contribution in [1.29, 1.82) is 0 Å². The predicted octanol–water partition coefficient (Wildman–Crippen LogP) is 7.44. The van der Waals surface area contributed by atoms with E-state index >= 15 is 0 Å². The Bertz CT molecular complexity index is 640. The van der Waals surface area contributed by atoms with Crippen molar-refractivity contribution in [2.75, 3.05) is 0 Å². The highest BCUT2D eigenvalue weighted by molar-refractivity contribution is 7.85. The summed E-state index contributed by atoms with van der Waals surface area (Å²) in [5.74, 6) is -0.119. The Hall–Kier alpha value is -1.07. The first kappa shape index (κ1) is 26.0. The summed E-state index contributed by atoms with van der Waals surface area (Å²) in [7, 11) is -4.27. The van der Waals surface area contributed by atoms with Crippen LogP contribution in [0.5, 0.6) is 5.75 Å². The second kappa shape index (κ2) is 15.7.